The van der Waals surface area contributed by atoms with Crippen LogP contribution in [0.2, 0.25) is 0 Å². The Kier molecular flexibility index (Phi) is 36.9. The number of ether oxygens (including phenoxy) is 2. The first-order chi connectivity index (χ1) is 28.8. The van der Waals surface area contributed by atoms with Gasteiger partial charge in [-0.25, -0.2) is 0 Å². The lowest BCUT2D eigenvalue weighted by atomic mass is 10.00. The molecule has 0 aromatic heterocycles. The maximum atomic E-state index is 13.5. The molecule has 0 bridgehead atoms. The fourth-order valence-electron chi connectivity index (χ4n) is 7.55. The minimum absolute atomic E-state index is 0.0315. The minimum Gasteiger partial charge on any atom is -0.377 e. The predicted octanol–water partition coefficient (Wildman–Crippen LogP) is 7.92. The highest BCUT2D eigenvalue weighted by atomic mass is 16.5. The number of carbonyl (C=O) groups is 4. The molecule has 354 valence electrons. The van der Waals surface area contributed by atoms with Crippen molar-refractivity contribution in [2.24, 2.45) is 11.8 Å². The van der Waals surface area contributed by atoms with Crippen LogP contribution in [-0.4, -0.2) is 149 Å². The zero-order chi connectivity index (χ0) is 45.0. The van der Waals surface area contributed by atoms with E-state index in [9.17, 15) is 19.2 Å². The molecule has 0 aliphatic carbocycles. The fraction of sp³-hybridized carbons (Fsp3) is 0.917. The van der Waals surface area contributed by atoms with Crippen LogP contribution in [-0.2, 0) is 28.7 Å². The van der Waals surface area contributed by atoms with E-state index in [1.54, 1.807) is 9.80 Å². The molecule has 0 spiro atoms. The standard InChI is InChI=1S/C48H96N6O6/c1-11-13-15-17-19-21-23-25-27-29-43(55)53(35-33-51(7)8)45(41(3)4)47(57)49-31-37-59-39-40-60-38-32-50-48(58)46(42(5)6)54(36-34-52(9)10)44(56)30-28-26-24-22-20-18-16-14-12-2/h41-42,45-46H,11-40H2,1-10H3,(H,49,57)(H,50,58). The molecule has 4 amide bonds. The smallest absolute Gasteiger partial charge is 0.243 e. The zero-order valence-corrected chi connectivity index (χ0v) is 40.8. The molecule has 0 aromatic rings. The van der Waals surface area contributed by atoms with E-state index in [-0.39, 0.29) is 35.5 Å². The molecule has 2 atom stereocenters. The normalized spacial score (nSPS) is 12.7. The second-order valence-corrected chi connectivity index (χ2v) is 18.1. The van der Waals surface area contributed by atoms with Gasteiger partial charge in [0.2, 0.25) is 23.6 Å². The average Bonchev–Trinajstić information content (AvgIpc) is 3.19. The van der Waals surface area contributed by atoms with Crippen LogP contribution >= 0.6 is 0 Å². The van der Waals surface area contributed by atoms with Gasteiger partial charge < -0.3 is 39.7 Å². The lowest BCUT2D eigenvalue weighted by molar-refractivity contribution is -0.142. The lowest BCUT2D eigenvalue weighted by Gasteiger charge is -2.34. The number of hydrogen-bond acceptors (Lipinski definition) is 8. The van der Waals surface area contributed by atoms with Crippen molar-refractivity contribution in [1.29, 1.82) is 0 Å². The van der Waals surface area contributed by atoms with Crippen LogP contribution in [0.1, 0.15) is 170 Å². The van der Waals surface area contributed by atoms with Gasteiger partial charge >= 0.3 is 0 Å². The minimum atomic E-state index is -0.539. The number of amides is 4. The first-order valence-corrected chi connectivity index (χ1v) is 24.4. The van der Waals surface area contributed by atoms with Crippen LogP contribution in [0.3, 0.4) is 0 Å². The SMILES string of the molecule is CCCCCCCCCCCC(=O)N(CCN(C)C)C(C(=O)NCCOCCOCCNC(=O)C(C(C)C)N(CCN(C)C)C(=O)CCCCCCCCCCC)C(C)C. The van der Waals surface area contributed by atoms with Crippen LogP contribution in [0.15, 0.2) is 0 Å². The fourth-order valence-corrected chi connectivity index (χ4v) is 7.55. The summed E-state index contributed by atoms with van der Waals surface area (Å²) in [4.78, 5) is 61.5. The van der Waals surface area contributed by atoms with Crippen molar-refractivity contribution in [3.63, 3.8) is 0 Å². The van der Waals surface area contributed by atoms with E-state index in [1.165, 1.54) is 77.0 Å². The van der Waals surface area contributed by atoms with E-state index in [0.29, 0.717) is 78.5 Å². The van der Waals surface area contributed by atoms with Gasteiger partial charge in [-0.15, -0.1) is 0 Å². The monoisotopic (exact) mass is 853 g/mol. The molecule has 2 N–H and O–H groups in total. The van der Waals surface area contributed by atoms with Crippen LogP contribution < -0.4 is 10.6 Å². The first-order valence-electron chi connectivity index (χ1n) is 24.4. The number of nitrogens with one attached hydrogen (secondary N) is 2. The summed E-state index contributed by atoms with van der Waals surface area (Å²) in [6.45, 7) is 16.9. The average molecular weight is 853 g/mol. The lowest BCUT2D eigenvalue weighted by Crippen LogP contribution is -2.54. The van der Waals surface area contributed by atoms with Gasteiger partial charge in [-0.3, -0.25) is 19.2 Å². The highest BCUT2D eigenvalue weighted by Crippen LogP contribution is 2.18. The summed E-state index contributed by atoms with van der Waals surface area (Å²) in [5.74, 6) is -0.253. The molecule has 0 radical (unpaired) electrons. The van der Waals surface area contributed by atoms with E-state index in [1.807, 2.05) is 65.7 Å². The third-order valence-electron chi connectivity index (χ3n) is 11.1. The molecule has 0 saturated carbocycles. The Labute approximate surface area is 369 Å². The van der Waals surface area contributed by atoms with Gasteiger partial charge in [-0.1, -0.05) is 144 Å². The van der Waals surface area contributed by atoms with Gasteiger partial charge in [0.05, 0.1) is 26.4 Å². The second-order valence-electron chi connectivity index (χ2n) is 18.1. The molecule has 0 rings (SSSR count). The molecular weight excluding hydrogens is 757 g/mol. The summed E-state index contributed by atoms with van der Waals surface area (Å²) in [5.41, 5.74) is 0. The van der Waals surface area contributed by atoms with Crippen molar-refractivity contribution < 1.29 is 28.7 Å². The number of likely N-dealkylation sites (N-methyl/N-ethyl adjacent to an activating group) is 2. The summed E-state index contributed by atoms with van der Waals surface area (Å²) in [5, 5.41) is 6.01. The van der Waals surface area contributed by atoms with Crippen molar-refractivity contribution in [3.8, 4) is 0 Å². The zero-order valence-electron chi connectivity index (χ0n) is 40.8. The first kappa shape index (κ1) is 57.7. The molecule has 0 saturated heterocycles. The molecule has 0 heterocycles. The molecule has 60 heavy (non-hydrogen) atoms. The van der Waals surface area contributed by atoms with Crippen molar-refractivity contribution in [2.75, 3.05) is 93.9 Å². The third kappa shape index (κ3) is 29.9. The van der Waals surface area contributed by atoms with Crippen LogP contribution in [0.5, 0.6) is 0 Å². The molecule has 0 aromatic carbocycles. The molecule has 0 aliphatic rings. The van der Waals surface area contributed by atoms with Gasteiger partial charge in [0.25, 0.3) is 0 Å². The van der Waals surface area contributed by atoms with Crippen LogP contribution in [0.4, 0.5) is 0 Å². The maximum absolute atomic E-state index is 13.5. The summed E-state index contributed by atoms with van der Waals surface area (Å²) in [7, 11) is 7.94. The molecular formula is C48H96N6O6. The number of nitrogens with zero attached hydrogens (tertiary/aromatic N) is 4. The van der Waals surface area contributed by atoms with Crippen molar-refractivity contribution in [2.45, 2.75) is 182 Å². The van der Waals surface area contributed by atoms with Gasteiger partial charge in [-0.05, 0) is 52.9 Å². The number of rotatable bonds is 41. The molecule has 2 unspecified atom stereocenters. The second kappa shape index (κ2) is 38.4. The van der Waals surface area contributed by atoms with Gasteiger partial charge in [0, 0.05) is 52.1 Å². The summed E-state index contributed by atoms with van der Waals surface area (Å²) >= 11 is 0. The van der Waals surface area contributed by atoms with E-state index in [2.05, 4.69) is 24.5 Å². The third-order valence-corrected chi connectivity index (χ3v) is 11.1. The van der Waals surface area contributed by atoms with Crippen LogP contribution in [0, 0.1) is 11.8 Å². The highest BCUT2D eigenvalue weighted by molar-refractivity contribution is 5.88. The molecule has 0 fully saturated rings. The maximum Gasteiger partial charge on any atom is 0.243 e. The topological polar surface area (TPSA) is 124 Å². The Morgan fingerprint density at radius 3 is 1.02 bits per heavy atom. The van der Waals surface area contributed by atoms with Gasteiger partial charge in [-0.2, -0.15) is 0 Å². The van der Waals surface area contributed by atoms with Gasteiger partial charge in [0.1, 0.15) is 12.1 Å². The molecule has 0 aliphatic heterocycles. The Morgan fingerprint density at radius 2 is 0.733 bits per heavy atom. The molecule has 12 nitrogen and oxygen atoms in total. The summed E-state index contributed by atoms with van der Waals surface area (Å²) in [6.07, 6.45) is 22.5. The Morgan fingerprint density at radius 1 is 0.433 bits per heavy atom. The highest BCUT2D eigenvalue weighted by Gasteiger charge is 2.33. The number of carbonyl (C=O) groups excluding carboxylic acids is 4. The Bertz CT molecular complexity index is 992. The predicted molar refractivity (Wildman–Crippen MR) is 249 cm³/mol. The van der Waals surface area contributed by atoms with Crippen molar-refractivity contribution in [1.82, 2.24) is 30.2 Å². The van der Waals surface area contributed by atoms with Gasteiger partial charge in [0.15, 0.2) is 0 Å². The number of unbranched alkanes of at least 4 members (excludes halogenated alkanes) is 16. The Hall–Kier alpha value is -2.28. The van der Waals surface area contributed by atoms with E-state index in [4.69, 9.17) is 9.47 Å². The largest absolute Gasteiger partial charge is 0.377 e. The molecule has 12 heteroatoms. The van der Waals surface area contributed by atoms with E-state index >= 15 is 0 Å². The van der Waals surface area contributed by atoms with Crippen LogP contribution in [0.25, 0.3) is 0 Å². The van der Waals surface area contributed by atoms with E-state index in [0.717, 1.165) is 38.5 Å². The van der Waals surface area contributed by atoms with Crippen molar-refractivity contribution >= 4 is 23.6 Å². The summed E-state index contributed by atoms with van der Waals surface area (Å²) in [6, 6.07) is -1.08. The van der Waals surface area contributed by atoms with Crippen molar-refractivity contribution in [3.05, 3.63) is 0 Å². The van der Waals surface area contributed by atoms with E-state index < -0.39 is 12.1 Å². The summed E-state index contributed by atoms with van der Waals surface area (Å²) < 4.78 is 11.5. The number of hydrogen-bond donors (Lipinski definition) is 2. The quantitative estimate of drug-likeness (QED) is 0.0595. The Balaban J connectivity index is 4.74.